The molecule has 6 nitrogen and oxygen atoms in total. The molecule has 3 heterocycles. The summed E-state index contributed by atoms with van der Waals surface area (Å²) in [5.41, 5.74) is -0.321. The van der Waals surface area contributed by atoms with E-state index in [-0.39, 0.29) is 17.4 Å². The van der Waals surface area contributed by atoms with Crippen molar-refractivity contribution >= 4 is 23.2 Å². The molecule has 144 valence electrons. The fourth-order valence-electron chi connectivity index (χ4n) is 3.66. The Morgan fingerprint density at radius 2 is 2.19 bits per heavy atom. The molecule has 0 unspecified atom stereocenters. The van der Waals surface area contributed by atoms with Gasteiger partial charge in [0.05, 0.1) is 31.7 Å². The second kappa shape index (κ2) is 8.97. The lowest BCUT2D eigenvalue weighted by atomic mass is 9.90. The van der Waals surface area contributed by atoms with Crippen LogP contribution in [0.4, 0.5) is 0 Å². The van der Waals surface area contributed by atoms with Crippen molar-refractivity contribution in [1.82, 2.24) is 9.80 Å². The number of ether oxygens (including phenoxy) is 2. The van der Waals surface area contributed by atoms with Gasteiger partial charge in [0.1, 0.15) is 0 Å². The summed E-state index contributed by atoms with van der Waals surface area (Å²) in [6, 6.07) is 3.98. The third-order valence-corrected chi connectivity index (χ3v) is 6.07. The van der Waals surface area contributed by atoms with Crippen molar-refractivity contribution in [2.75, 3.05) is 46.0 Å². The molecule has 0 saturated carbocycles. The molecule has 1 aromatic heterocycles. The van der Waals surface area contributed by atoms with E-state index in [0.29, 0.717) is 58.8 Å². The fraction of sp³-hybridized carbons (Fsp3) is 0.684. The van der Waals surface area contributed by atoms with Crippen LogP contribution in [0.1, 0.15) is 31.1 Å². The summed E-state index contributed by atoms with van der Waals surface area (Å²) in [5, 5.41) is 2.00. The van der Waals surface area contributed by atoms with Crippen LogP contribution < -0.4 is 0 Å². The molecule has 1 aromatic rings. The number of hydrogen-bond donors (Lipinski definition) is 0. The highest BCUT2D eigenvalue weighted by molar-refractivity contribution is 7.10. The first-order chi connectivity index (χ1) is 12.6. The molecule has 26 heavy (non-hydrogen) atoms. The SMILES string of the molecule is CCOCCN1CC2(CCN(C(=O)Cc3cccs3)CC2)OCCC1=O. The summed E-state index contributed by atoms with van der Waals surface area (Å²) in [6.45, 7) is 6.24. The molecular formula is C19H28N2O4S. The summed E-state index contributed by atoms with van der Waals surface area (Å²) in [5.74, 6) is 0.318. The monoisotopic (exact) mass is 380 g/mol. The molecule has 2 amide bonds. The summed E-state index contributed by atoms with van der Waals surface area (Å²) < 4.78 is 11.5. The maximum atomic E-state index is 12.5. The van der Waals surface area contributed by atoms with Gasteiger partial charge in [-0.1, -0.05) is 6.07 Å². The van der Waals surface area contributed by atoms with Gasteiger partial charge in [-0.25, -0.2) is 0 Å². The second-order valence-corrected chi connectivity index (χ2v) is 7.96. The standard InChI is InChI=1S/C19H28N2O4S/c1-2-24-12-10-21-15-19(25-11-5-17(21)22)6-8-20(9-7-19)18(23)14-16-4-3-13-26-16/h3-4,13H,2,5-12,14-15H2,1H3. The summed E-state index contributed by atoms with van der Waals surface area (Å²) in [6.07, 6.45) is 2.46. The van der Waals surface area contributed by atoms with Crippen LogP contribution in [-0.4, -0.2) is 73.2 Å². The van der Waals surface area contributed by atoms with Crippen molar-refractivity contribution < 1.29 is 19.1 Å². The Hall–Kier alpha value is -1.44. The molecule has 0 radical (unpaired) electrons. The summed E-state index contributed by atoms with van der Waals surface area (Å²) in [7, 11) is 0. The van der Waals surface area contributed by atoms with Crippen molar-refractivity contribution in [3.05, 3.63) is 22.4 Å². The van der Waals surface area contributed by atoms with Crippen molar-refractivity contribution in [2.24, 2.45) is 0 Å². The molecule has 0 atom stereocenters. The number of likely N-dealkylation sites (tertiary alicyclic amines) is 1. The number of piperidine rings is 1. The van der Waals surface area contributed by atoms with Crippen molar-refractivity contribution in [1.29, 1.82) is 0 Å². The molecule has 0 N–H and O–H groups in total. The average Bonchev–Trinajstić information content (AvgIpc) is 3.09. The van der Waals surface area contributed by atoms with Gasteiger partial charge in [0.15, 0.2) is 0 Å². The lowest BCUT2D eigenvalue weighted by Gasteiger charge is -2.42. The van der Waals surface area contributed by atoms with E-state index in [4.69, 9.17) is 9.47 Å². The summed E-state index contributed by atoms with van der Waals surface area (Å²) in [4.78, 5) is 29.7. The zero-order valence-corrected chi connectivity index (χ0v) is 16.3. The number of nitrogens with zero attached hydrogens (tertiary/aromatic N) is 2. The molecule has 2 fully saturated rings. The maximum absolute atomic E-state index is 12.5. The minimum atomic E-state index is -0.321. The zero-order valence-electron chi connectivity index (χ0n) is 15.4. The summed E-state index contributed by atoms with van der Waals surface area (Å²) >= 11 is 1.62. The molecule has 2 aliphatic heterocycles. The van der Waals surface area contributed by atoms with E-state index in [2.05, 4.69) is 0 Å². The van der Waals surface area contributed by atoms with Crippen LogP contribution in [0, 0.1) is 0 Å². The number of carbonyl (C=O) groups excluding carboxylic acids is 2. The topological polar surface area (TPSA) is 59.1 Å². The van der Waals surface area contributed by atoms with Crippen molar-refractivity contribution in [3.63, 3.8) is 0 Å². The van der Waals surface area contributed by atoms with E-state index in [0.717, 1.165) is 17.7 Å². The highest BCUT2D eigenvalue weighted by Gasteiger charge is 2.41. The third kappa shape index (κ3) is 4.84. The van der Waals surface area contributed by atoms with Crippen molar-refractivity contribution in [3.8, 4) is 0 Å². The van der Waals surface area contributed by atoms with E-state index in [1.165, 1.54) is 0 Å². The highest BCUT2D eigenvalue weighted by atomic mass is 32.1. The van der Waals surface area contributed by atoms with Crippen LogP contribution in [0.25, 0.3) is 0 Å². The first-order valence-electron chi connectivity index (χ1n) is 9.41. The van der Waals surface area contributed by atoms with Crippen LogP contribution in [0.5, 0.6) is 0 Å². The smallest absolute Gasteiger partial charge is 0.227 e. The van der Waals surface area contributed by atoms with Gasteiger partial charge < -0.3 is 19.3 Å². The molecule has 2 aliphatic rings. The van der Waals surface area contributed by atoms with E-state index in [1.807, 2.05) is 34.2 Å². The second-order valence-electron chi connectivity index (χ2n) is 6.93. The van der Waals surface area contributed by atoms with Gasteiger partial charge in [-0.3, -0.25) is 9.59 Å². The number of hydrogen-bond acceptors (Lipinski definition) is 5. The Bertz CT molecular complexity index is 597. The van der Waals surface area contributed by atoms with Crippen LogP contribution in [0.2, 0.25) is 0 Å². The third-order valence-electron chi connectivity index (χ3n) is 5.20. The van der Waals surface area contributed by atoms with Gasteiger partial charge in [0.25, 0.3) is 0 Å². The minimum Gasteiger partial charge on any atom is -0.380 e. The zero-order chi connectivity index (χ0) is 18.4. The van der Waals surface area contributed by atoms with Gasteiger partial charge in [-0.15, -0.1) is 11.3 Å². The van der Waals surface area contributed by atoms with Gasteiger partial charge in [-0.2, -0.15) is 0 Å². The van der Waals surface area contributed by atoms with Gasteiger partial charge in [0, 0.05) is 37.7 Å². The molecule has 0 bridgehead atoms. The maximum Gasteiger partial charge on any atom is 0.227 e. The highest BCUT2D eigenvalue weighted by Crippen LogP contribution is 2.30. The Kier molecular flexibility index (Phi) is 6.67. The van der Waals surface area contributed by atoms with Gasteiger partial charge >= 0.3 is 0 Å². The predicted molar refractivity (Wildman–Crippen MR) is 100 cm³/mol. The molecule has 0 aliphatic carbocycles. The van der Waals surface area contributed by atoms with E-state index in [9.17, 15) is 9.59 Å². The Morgan fingerprint density at radius 1 is 1.38 bits per heavy atom. The molecule has 7 heteroatoms. The van der Waals surface area contributed by atoms with Gasteiger partial charge in [-0.05, 0) is 31.2 Å². The largest absolute Gasteiger partial charge is 0.380 e. The number of rotatable bonds is 6. The Balaban J connectivity index is 1.55. The molecular weight excluding hydrogens is 352 g/mol. The molecule has 2 saturated heterocycles. The van der Waals surface area contributed by atoms with Crippen LogP contribution in [0.15, 0.2) is 17.5 Å². The van der Waals surface area contributed by atoms with Crippen LogP contribution >= 0.6 is 11.3 Å². The lowest BCUT2D eigenvalue weighted by molar-refractivity contribution is -0.139. The quantitative estimate of drug-likeness (QED) is 0.708. The van der Waals surface area contributed by atoms with E-state index < -0.39 is 0 Å². The number of amides is 2. The van der Waals surface area contributed by atoms with Crippen LogP contribution in [0.3, 0.4) is 0 Å². The van der Waals surface area contributed by atoms with Crippen molar-refractivity contribution in [2.45, 2.75) is 38.2 Å². The normalized spacial score (nSPS) is 20.4. The average molecular weight is 381 g/mol. The first kappa shape index (κ1) is 19.3. The van der Waals surface area contributed by atoms with Gasteiger partial charge in [0.2, 0.25) is 11.8 Å². The van der Waals surface area contributed by atoms with E-state index in [1.54, 1.807) is 11.3 Å². The molecule has 3 rings (SSSR count). The first-order valence-corrected chi connectivity index (χ1v) is 10.3. The molecule has 0 aromatic carbocycles. The number of thiophene rings is 1. The lowest BCUT2D eigenvalue weighted by Crippen LogP contribution is -2.53. The van der Waals surface area contributed by atoms with E-state index >= 15 is 0 Å². The molecule has 1 spiro atoms. The fourth-order valence-corrected chi connectivity index (χ4v) is 4.35. The van der Waals surface area contributed by atoms with Crippen LogP contribution in [-0.2, 0) is 25.5 Å². The minimum absolute atomic E-state index is 0.137. The predicted octanol–water partition coefficient (Wildman–Crippen LogP) is 1.94. The Morgan fingerprint density at radius 3 is 2.88 bits per heavy atom. The number of carbonyl (C=O) groups is 2. The Labute approximate surface area is 159 Å².